The van der Waals surface area contributed by atoms with Gasteiger partial charge in [-0.15, -0.1) is 0 Å². The normalized spacial score (nSPS) is 23.7. The Labute approximate surface area is 177 Å². The van der Waals surface area contributed by atoms with E-state index in [0.29, 0.717) is 30.7 Å². The molecule has 0 amide bonds. The third kappa shape index (κ3) is 6.44. The molecule has 1 aliphatic heterocycles. The molecule has 1 fully saturated rings. The van der Waals surface area contributed by atoms with Crippen LogP contribution in [0.1, 0.15) is 43.1 Å². The van der Waals surface area contributed by atoms with Crippen molar-refractivity contribution >= 4 is 0 Å². The molecule has 0 spiro atoms. The fourth-order valence-electron chi connectivity index (χ4n) is 3.39. The number of ether oxygens (including phenoxy) is 1. The minimum atomic E-state index is -4.91. The van der Waals surface area contributed by atoms with Crippen molar-refractivity contribution in [3.05, 3.63) is 71.3 Å². The largest absolute Gasteiger partial charge is 0.416 e. The Bertz CT molecular complexity index is 811. The molecule has 1 aromatic rings. The minimum absolute atomic E-state index is 0.0154. The van der Waals surface area contributed by atoms with Crippen molar-refractivity contribution in [1.29, 1.82) is 0 Å². The van der Waals surface area contributed by atoms with Gasteiger partial charge in [0.15, 0.2) is 0 Å². The zero-order valence-corrected chi connectivity index (χ0v) is 17.3. The van der Waals surface area contributed by atoms with E-state index in [4.69, 9.17) is 10.5 Å². The summed E-state index contributed by atoms with van der Waals surface area (Å²) in [7, 11) is 0. The molecule has 172 valence electrons. The lowest BCUT2D eigenvalue weighted by Crippen LogP contribution is -2.45. The van der Waals surface area contributed by atoms with Crippen LogP contribution in [0.15, 0.2) is 54.7 Å². The number of nitrogens with two attached hydrogens (primary N) is 1. The zero-order chi connectivity index (χ0) is 23.4. The molecule has 1 aromatic carbocycles. The second kappa shape index (κ2) is 9.58. The number of nitrogens with one attached hydrogen (secondary N) is 1. The Morgan fingerprint density at radius 1 is 1.19 bits per heavy atom. The molecule has 3 atom stereocenters. The van der Waals surface area contributed by atoms with Gasteiger partial charge in [-0.3, -0.25) is 0 Å². The highest BCUT2D eigenvalue weighted by atomic mass is 19.4. The lowest BCUT2D eigenvalue weighted by molar-refractivity contribution is -0.143. The van der Waals surface area contributed by atoms with E-state index in [-0.39, 0.29) is 24.3 Å². The molecule has 1 heterocycles. The summed E-state index contributed by atoms with van der Waals surface area (Å²) in [6.07, 6.45) is -3.20. The summed E-state index contributed by atoms with van der Waals surface area (Å²) in [5, 5.41) is 3.24. The van der Waals surface area contributed by atoms with Crippen LogP contribution >= 0.6 is 0 Å². The zero-order valence-electron chi connectivity index (χ0n) is 17.3. The highest BCUT2D eigenvalue weighted by molar-refractivity contribution is 5.35. The smallest absolute Gasteiger partial charge is 0.372 e. The maximum atomic E-state index is 13.1. The lowest BCUT2D eigenvalue weighted by Gasteiger charge is -2.32. The molecule has 1 aliphatic rings. The Balaban J connectivity index is 2.28. The maximum absolute atomic E-state index is 13.1. The van der Waals surface area contributed by atoms with Crippen molar-refractivity contribution in [2.75, 3.05) is 13.2 Å². The first-order valence-corrected chi connectivity index (χ1v) is 9.69. The third-order valence-corrected chi connectivity index (χ3v) is 5.19. The van der Waals surface area contributed by atoms with Gasteiger partial charge < -0.3 is 15.8 Å². The minimum Gasteiger partial charge on any atom is -0.372 e. The van der Waals surface area contributed by atoms with Crippen molar-refractivity contribution in [2.24, 2.45) is 5.73 Å². The monoisotopic (exact) mass is 448 g/mol. The number of halogens is 6. The van der Waals surface area contributed by atoms with Crippen LogP contribution in [0.4, 0.5) is 26.3 Å². The van der Waals surface area contributed by atoms with Crippen LogP contribution in [0, 0.1) is 0 Å². The number of benzene rings is 1. The quantitative estimate of drug-likeness (QED) is 0.425. The topological polar surface area (TPSA) is 47.3 Å². The summed E-state index contributed by atoms with van der Waals surface area (Å²) >= 11 is 0. The van der Waals surface area contributed by atoms with Crippen LogP contribution in [0.25, 0.3) is 0 Å². The maximum Gasteiger partial charge on any atom is 0.416 e. The highest BCUT2D eigenvalue weighted by Crippen LogP contribution is 2.38. The van der Waals surface area contributed by atoms with Crippen molar-refractivity contribution in [3.8, 4) is 0 Å². The number of allylic oxidation sites excluding steroid dienone is 3. The van der Waals surface area contributed by atoms with Gasteiger partial charge in [-0.25, -0.2) is 0 Å². The van der Waals surface area contributed by atoms with E-state index in [1.807, 2.05) is 13.0 Å². The number of hydrogen-bond donors (Lipinski definition) is 2. The van der Waals surface area contributed by atoms with Crippen LogP contribution in [0.2, 0.25) is 0 Å². The van der Waals surface area contributed by atoms with E-state index in [9.17, 15) is 26.3 Å². The van der Waals surface area contributed by atoms with Gasteiger partial charge in [0.05, 0.1) is 29.4 Å². The Kier molecular flexibility index (Phi) is 7.78. The Hall–Kier alpha value is -2.10. The van der Waals surface area contributed by atoms with Crippen LogP contribution in [0.3, 0.4) is 0 Å². The molecule has 2 rings (SSSR count). The molecule has 0 unspecified atom stereocenters. The lowest BCUT2D eigenvalue weighted by atomic mass is 9.88. The van der Waals surface area contributed by atoms with Gasteiger partial charge >= 0.3 is 12.4 Å². The second-order valence-corrected chi connectivity index (χ2v) is 7.63. The van der Waals surface area contributed by atoms with Gasteiger partial charge in [-0.2, -0.15) is 26.3 Å². The van der Waals surface area contributed by atoms with Crippen molar-refractivity contribution < 1.29 is 31.1 Å². The predicted octanol–water partition coefficient (Wildman–Crippen LogP) is 5.55. The molecule has 0 aromatic heterocycles. The van der Waals surface area contributed by atoms with E-state index in [1.165, 1.54) is 6.92 Å². The third-order valence-electron chi connectivity index (χ3n) is 5.19. The first-order chi connectivity index (χ1) is 14.3. The molecule has 9 heteroatoms. The van der Waals surface area contributed by atoms with Gasteiger partial charge in [-0.05, 0) is 49.6 Å². The van der Waals surface area contributed by atoms with E-state index < -0.39 is 35.1 Å². The number of alkyl halides is 6. The van der Waals surface area contributed by atoms with Gasteiger partial charge in [0.1, 0.15) is 0 Å². The summed E-state index contributed by atoms with van der Waals surface area (Å²) in [5.74, 6) is 0. The molecule has 1 saturated heterocycles. The summed E-state index contributed by atoms with van der Waals surface area (Å²) in [4.78, 5) is 0. The molecule has 0 radical (unpaired) electrons. The molecule has 31 heavy (non-hydrogen) atoms. The van der Waals surface area contributed by atoms with Gasteiger partial charge in [-0.1, -0.05) is 30.9 Å². The molecule has 0 saturated carbocycles. The standard InChI is InChI=1S/C22H26F6N2O/c1-4-5-6-7-14(2)20(11-19(29)12-30-20)13-31-15(3)16-8-17(21(23,24)25)10-18(9-16)22(26,27)28/h4-10,15,19,30H,2,11-13,29H2,1,3H3/b5-4-,7-6-/t15-,19+,20-/m1/s1. The van der Waals surface area contributed by atoms with Gasteiger partial charge in [0.2, 0.25) is 0 Å². The van der Waals surface area contributed by atoms with Crippen molar-refractivity contribution in [1.82, 2.24) is 5.32 Å². The predicted molar refractivity (Wildman–Crippen MR) is 107 cm³/mol. The van der Waals surface area contributed by atoms with Crippen molar-refractivity contribution in [2.45, 2.75) is 50.3 Å². The summed E-state index contributed by atoms with van der Waals surface area (Å²) in [5.41, 5.74) is 2.94. The van der Waals surface area contributed by atoms with Gasteiger partial charge in [0, 0.05) is 12.6 Å². The second-order valence-electron chi connectivity index (χ2n) is 7.63. The summed E-state index contributed by atoms with van der Waals surface area (Å²) < 4.78 is 84.6. The molecule has 3 N–H and O–H groups in total. The highest BCUT2D eigenvalue weighted by Gasteiger charge is 2.40. The molecular formula is C22H26F6N2O. The fourth-order valence-corrected chi connectivity index (χ4v) is 3.39. The fraction of sp³-hybridized carbons (Fsp3) is 0.455. The van der Waals surface area contributed by atoms with E-state index >= 15 is 0 Å². The van der Waals surface area contributed by atoms with Crippen LogP contribution < -0.4 is 11.1 Å². The van der Waals surface area contributed by atoms with Gasteiger partial charge in [0.25, 0.3) is 0 Å². The Morgan fingerprint density at radius 2 is 1.77 bits per heavy atom. The number of rotatable bonds is 7. The van der Waals surface area contributed by atoms with E-state index in [0.717, 1.165) is 0 Å². The van der Waals surface area contributed by atoms with Crippen molar-refractivity contribution in [3.63, 3.8) is 0 Å². The number of hydrogen-bond acceptors (Lipinski definition) is 3. The molecule has 0 bridgehead atoms. The SMILES string of the molecule is C=C(/C=C\C=C/C)[C@]1(CO[C@H](C)c2cc(C(F)(F)F)cc(C(F)(F)F)c2)C[C@H](N)CN1. The van der Waals surface area contributed by atoms with Crippen LogP contribution in [0.5, 0.6) is 0 Å². The molecular weight excluding hydrogens is 422 g/mol. The van der Waals surface area contributed by atoms with E-state index in [1.54, 1.807) is 18.2 Å². The summed E-state index contributed by atoms with van der Waals surface area (Å²) in [6, 6.07) is 1.28. The summed E-state index contributed by atoms with van der Waals surface area (Å²) in [6.45, 7) is 7.77. The average Bonchev–Trinajstić information content (AvgIpc) is 3.06. The Morgan fingerprint density at radius 3 is 2.23 bits per heavy atom. The average molecular weight is 448 g/mol. The molecule has 3 nitrogen and oxygen atoms in total. The molecule has 0 aliphatic carbocycles. The van der Waals surface area contributed by atoms with Crippen LogP contribution in [-0.4, -0.2) is 24.7 Å². The van der Waals surface area contributed by atoms with E-state index in [2.05, 4.69) is 11.9 Å². The first-order valence-electron chi connectivity index (χ1n) is 9.69. The van der Waals surface area contributed by atoms with Crippen LogP contribution in [-0.2, 0) is 17.1 Å². The first kappa shape index (κ1) is 25.2.